The molecule has 0 atom stereocenters. The Labute approximate surface area is 195 Å². The first kappa shape index (κ1) is 23.7. The van der Waals surface area contributed by atoms with E-state index in [1.807, 2.05) is 31.2 Å². The molecule has 0 bridgehead atoms. The smallest absolute Gasteiger partial charge is 0.257 e. The van der Waals surface area contributed by atoms with Crippen LogP contribution in [0.4, 0.5) is 5.69 Å². The van der Waals surface area contributed by atoms with Crippen LogP contribution < -0.4 is 20.3 Å². The number of carbonyl (C=O) groups is 2. The summed E-state index contributed by atoms with van der Waals surface area (Å²) in [5, 5.41) is 6.12. The minimum Gasteiger partial charge on any atom is -0.494 e. The maximum atomic E-state index is 12.9. The lowest BCUT2D eigenvalue weighted by Crippen LogP contribution is -2.42. The van der Waals surface area contributed by atoms with Crippen molar-refractivity contribution in [2.45, 2.75) is 51.5 Å². The molecule has 0 radical (unpaired) electrons. The van der Waals surface area contributed by atoms with E-state index in [1.165, 1.54) is 6.42 Å². The van der Waals surface area contributed by atoms with Crippen molar-refractivity contribution in [1.82, 2.24) is 10.6 Å². The zero-order chi connectivity index (χ0) is 22.9. The van der Waals surface area contributed by atoms with Crippen molar-refractivity contribution in [2.24, 2.45) is 0 Å². The Kier molecular flexibility index (Phi) is 8.62. The number of ether oxygens (including phenoxy) is 1. The molecule has 3 rings (SSSR count). The van der Waals surface area contributed by atoms with E-state index in [0.717, 1.165) is 32.1 Å². The normalized spacial score (nSPS) is 13.8. The molecular formula is C25H31N3O3S. The highest BCUT2D eigenvalue weighted by Crippen LogP contribution is 2.22. The molecule has 1 saturated carbocycles. The van der Waals surface area contributed by atoms with E-state index < -0.39 is 0 Å². The number of nitrogens with zero attached hydrogens (tertiary/aromatic N) is 1. The van der Waals surface area contributed by atoms with E-state index in [-0.39, 0.29) is 23.0 Å². The van der Waals surface area contributed by atoms with Crippen molar-refractivity contribution in [3.63, 3.8) is 0 Å². The van der Waals surface area contributed by atoms with Crippen LogP contribution in [-0.2, 0) is 0 Å². The molecule has 0 heterocycles. The largest absolute Gasteiger partial charge is 0.494 e. The number of hydrogen-bond donors (Lipinski definition) is 2. The summed E-state index contributed by atoms with van der Waals surface area (Å²) in [4.78, 5) is 27.3. The van der Waals surface area contributed by atoms with Gasteiger partial charge in [-0.3, -0.25) is 14.9 Å². The molecule has 0 unspecified atom stereocenters. The number of para-hydroxylation sites is 1. The predicted molar refractivity (Wildman–Crippen MR) is 131 cm³/mol. The fourth-order valence-electron chi connectivity index (χ4n) is 3.78. The second kappa shape index (κ2) is 11.6. The average molecular weight is 454 g/mol. The van der Waals surface area contributed by atoms with Crippen LogP contribution >= 0.6 is 12.2 Å². The van der Waals surface area contributed by atoms with Gasteiger partial charge in [-0.15, -0.1) is 0 Å². The van der Waals surface area contributed by atoms with Crippen molar-refractivity contribution >= 4 is 34.8 Å². The number of carbonyl (C=O) groups excluding carboxylic acids is 2. The second-order valence-corrected chi connectivity index (χ2v) is 8.41. The molecule has 2 aromatic rings. The number of hydrogen-bond acceptors (Lipinski definition) is 4. The van der Waals surface area contributed by atoms with Crippen molar-refractivity contribution in [3.05, 3.63) is 59.7 Å². The van der Waals surface area contributed by atoms with Crippen LogP contribution in [0.1, 0.15) is 66.2 Å². The van der Waals surface area contributed by atoms with Gasteiger partial charge in [-0.25, -0.2) is 0 Å². The summed E-state index contributed by atoms with van der Waals surface area (Å²) >= 11 is 5.48. The van der Waals surface area contributed by atoms with Crippen molar-refractivity contribution in [3.8, 4) is 5.75 Å². The van der Waals surface area contributed by atoms with Gasteiger partial charge in [-0.1, -0.05) is 44.4 Å². The summed E-state index contributed by atoms with van der Waals surface area (Å²) in [7, 11) is 1.75. The monoisotopic (exact) mass is 453 g/mol. The van der Waals surface area contributed by atoms with Gasteiger partial charge in [-0.05, 0) is 61.8 Å². The number of anilines is 1. The van der Waals surface area contributed by atoms with Crippen LogP contribution in [0.5, 0.6) is 5.75 Å². The summed E-state index contributed by atoms with van der Waals surface area (Å²) in [5.74, 6) is 0.200. The van der Waals surface area contributed by atoms with E-state index in [2.05, 4.69) is 10.6 Å². The quantitative estimate of drug-likeness (QED) is 0.595. The molecule has 1 aliphatic rings. The number of rotatable bonds is 7. The average Bonchev–Trinajstić information content (AvgIpc) is 2.83. The van der Waals surface area contributed by atoms with E-state index in [0.29, 0.717) is 29.2 Å². The van der Waals surface area contributed by atoms with E-state index in [4.69, 9.17) is 17.0 Å². The fourth-order valence-corrected chi connectivity index (χ4v) is 3.97. The maximum absolute atomic E-state index is 12.9. The van der Waals surface area contributed by atoms with Crippen LogP contribution in [0.15, 0.2) is 48.5 Å². The van der Waals surface area contributed by atoms with Gasteiger partial charge in [0.15, 0.2) is 5.11 Å². The highest BCUT2D eigenvalue weighted by Gasteiger charge is 2.21. The molecule has 0 spiro atoms. The standard InChI is InChI=1S/C25H31N3O3S/c1-3-16-31-20-13-9-10-18(17-20)23(29)27-25(32)28(2)22-15-8-7-14-21(22)24(30)26-19-11-5-4-6-12-19/h7-10,13-15,17,19H,3-6,11-12,16H2,1-2H3,(H,26,30)(H,27,29,32). The minimum atomic E-state index is -0.326. The SMILES string of the molecule is CCCOc1cccc(C(=O)NC(=S)N(C)c2ccccc2C(=O)NC2CCCCC2)c1. The van der Waals surface area contributed by atoms with Gasteiger partial charge in [0.25, 0.3) is 11.8 Å². The first-order valence-corrected chi connectivity index (χ1v) is 11.6. The molecule has 0 aliphatic heterocycles. The second-order valence-electron chi connectivity index (χ2n) is 8.02. The lowest BCUT2D eigenvalue weighted by molar-refractivity contribution is 0.0927. The molecular weight excluding hydrogens is 422 g/mol. The molecule has 6 nitrogen and oxygen atoms in total. The Morgan fingerprint density at radius 3 is 2.56 bits per heavy atom. The van der Waals surface area contributed by atoms with Gasteiger partial charge >= 0.3 is 0 Å². The van der Waals surface area contributed by atoms with Crippen LogP contribution in [0.2, 0.25) is 0 Å². The number of nitrogens with one attached hydrogen (secondary N) is 2. The molecule has 7 heteroatoms. The molecule has 1 aliphatic carbocycles. The first-order chi connectivity index (χ1) is 15.5. The molecule has 170 valence electrons. The van der Waals surface area contributed by atoms with Gasteiger partial charge in [0.2, 0.25) is 0 Å². The highest BCUT2D eigenvalue weighted by molar-refractivity contribution is 7.80. The summed E-state index contributed by atoms with van der Waals surface area (Å²) in [6.45, 7) is 2.62. The molecule has 2 aromatic carbocycles. The molecule has 32 heavy (non-hydrogen) atoms. The zero-order valence-electron chi connectivity index (χ0n) is 18.7. The fraction of sp³-hybridized carbons (Fsp3) is 0.400. The Hall–Kier alpha value is -2.93. The van der Waals surface area contributed by atoms with Crippen LogP contribution in [-0.4, -0.2) is 36.6 Å². The Morgan fingerprint density at radius 1 is 1.06 bits per heavy atom. The van der Waals surface area contributed by atoms with Gasteiger partial charge in [0.05, 0.1) is 17.9 Å². The Morgan fingerprint density at radius 2 is 1.81 bits per heavy atom. The predicted octanol–water partition coefficient (Wildman–Crippen LogP) is 4.69. The molecule has 1 fully saturated rings. The Balaban J connectivity index is 1.68. The third-order valence-corrected chi connectivity index (χ3v) is 5.92. The first-order valence-electron chi connectivity index (χ1n) is 11.2. The zero-order valence-corrected chi connectivity index (χ0v) is 19.5. The summed E-state index contributed by atoms with van der Waals surface area (Å²) in [5.41, 5.74) is 1.64. The summed E-state index contributed by atoms with van der Waals surface area (Å²) in [6, 6.07) is 14.5. The molecule has 2 amide bonds. The van der Waals surface area contributed by atoms with Crippen LogP contribution in [0, 0.1) is 0 Å². The number of thiocarbonyl (C=S) groups is 1. The summed E-state index contributed by atoms with van der Waals surface area (Å²) < 4.78 is 5.60. The van der Waals surface area contributed by atoms with Crippen molar-refractivity contribution < 1.29 is 14.3 Å². The number of benzene rings is 2. The minimum absolute atomic E-state index is 0.116. The van der Waals surface area contributed by atoms with E-state index >= 15 is 0 Å². The van der Waals surface area contributed by atoms with Gasteiger partial charge < -0.3 is 15.0 Å². The van der Waals surface area contributed by atoms with Gasteiger partial charge in [0.1, 0.15) is 5.75 Å². The van der Waals surface area contributed by atoms with E-state index in [9.17, 15) is 9.59 Å². The lowest BCUT2D eigenvalue weighted by atomic mass is 9.95. The highest BCUT2D eigenvalue weighted by atomic mass is 32.1. The number of amides is 2. The Bertz CT molecular complexity index is 957. The lowest BCUT2D eigenvalue weighted by Gasteiger charge is -2.26. The van der Waals surface area contributed by atoms with Crippen molar-refractivity contribution in [2.75, 3.05) is 18.6 Å². The maximum Gasteiger partial charge on any atom is 0.257 e. The van der Waals surface area contributed by atoms with Crippen LogP contribution in [0.25, 0.3) is 0 Å². The van der Waals surface area contributed by atoms with Crippen LogP contribution in [0.3, 0.4) is 0 Å². The van der Waals surface area contributed by atoms with Gasteiger partial charge in [0, 0.05) is 18.7 Å². The summed E-state index contributed by atoms with van der Waals surface area (Å²) in [6.07, 6.45) is 6.44. The third-order valence-electron chi connectivity index (χ3n) is 5.54. The molecule has 0 saturated heterocycles. The molecule has 2 N–H and O–H groups in total. The third kappa shape index (κ3) is 6.29. The van der Waals surface area contributed by atoms with Gasteiger partial charge in [-0.2, -0.15) is 0 Å². The topological polar surface area (TPSA) is 70.7 Å². The molecule has 0 aromatic heterocycles. The van der Waals surface area contributed by atoms with E-state index in [1.54, 1.807) is 36.2 Å². The van der Waals surface area contributed by atoms with Crippen molar-refractivity contribution in [1.29, 1.82) is 0 Å².